The van der Waals surface area contributed by atoms with Crippen LogP contribution in [0.3, 0.4) is 0 Å². The van der Waals surface area contributed by atoms with E-state index in [0.717, 1.165) is 24.8 Å². The van der Waals surface area contributed by atoms with E-state index in [0.29, 0.717) is 32.2 Å². The van der Waals surface area contributed by atoms with Crippen LogP contribution >= 0.6 is 21.6 Å². The van der Waals surface area contributed by atoms with Gasteiger partial charge in [-0.1, -0.05) is 53.0 Å². The first-order valence-electron chi connectivity index (χ1n) is 14.0. The zero-order chi connectivity index (χ0) is 29.6. The largest absolute Gasteiger partial charge is 0.508 e. The molecule has 1 aliphatic carbocycles. The number of aliphatic carboxylic acids is 1. The summed E-state index contributed by atoms with van der Waals surface area (Å²) in [6.07, 6.45) is 4.92. The molecule has 5 N–H and O–H groups in total. The van der Waals surface area contributed by atoms with Gasteiger partial charge >= 0.3 is 5.97 Å². The molecule has 1 unspecified atom stereocenters. The van der Waals surface area contributed by atoms with Crippen molar-refractivity contribution in [3.05, 3.63) is 29.8 Å². The Morgan fingerprint density at radius 2 is 1.71 bits per heavy atom. The van der Waals surface area contributed by atoms with E-state index < -0.39 is 35.4 Å². The minimum Gasteiger partial charge on any atom is -0.508 e. The van der Waals surface area contributed by atoms with Crippen molar-refractivity contribution >= 4 is 51.2 Å². The molecule has 1 aromatic rings. The van der Waals surface area contributed by atoms with Crippen LogP contribution < -0.4 is 16.0 Å². The summed E-state index contributed by atoms with van der Waals surface area (Å²) in [5.74, 6) is -2.41. The Balaban J connectivity index is 1.52. The lowest BCUT2D eigenvalue weighted by Gasteiger charge is -2.36. The molecule has 4 rings (SSSR count). The highest BCUT2D eigenvalue weighted by Gasteiger charge is 2.43. The second kappa shape index (κ2) is 13.8. The van der Waals surface area contributed by atoms with Gasteiger partial charge in [0.2, 0.25) is 23.6 Å². The number of hydrogen-bond acceptors (Lipinski definition) is 8. The van der Waals surface area contributed by atoms with Gasteiger partial charge in [0.15, 0.2) is 0 Å². The molecule has 13 heteroatoms. The van der Waals surface area contributed by atoms with Crippen LogP contribution in [0.5, 0.6) is 5.75 Å². The average Bonchev–Trinajstić information content (AvgIpc) is 3.40. The number of carbonyl (C=O) groups excluding carboxylic acids is 4. The molecular weight excluding hydrogens is 568 g/mol. The number of nitrogens with one attached hydrogen (secondary N) is 3. The summed E-state index contributed by atoms with van der Waals surface area (Å²) >= 11 is 0. The van der Waals surface area contributed by atoms with E-state index in [1.54, 1.807) is 24.3 Å². The fourth-order valence-corrected chi connectivity index (χ4v) is 8.39. The maximum atomic E-state index is 13.7. The molecule has 1 saturated carbocycles. The number of nitrogens with zero attached hydrogens (tertiary/aromatic N) is 1. The summed E-state index contributed by atoms with van der Waals surface area (Å²) in [6, 6.07) is 3.74. The molecule has 3 fully saturated rings. The van der Waals surface area contributed by atoms with Crippen LogP contribution in [0.25, 0.3) is 0 Å². The van der Waals surface area contributed by atoms with Crippen molar-refractivity contribution < 1.29 is 34.2 Å². The van der Waals surface area contributed by atoms with E-state index in [9.17, 15) is 34.2 Å². The second-order valence-corrected chi connectivity index (χ2v) is 13.6. The number of aromatic hydroxyl groups is 1. The molecule has 0 aromatic heterocycles. The van der Waals surface area contributed by atoms with Crippen LogP contribution in [-0.2, 0) is 24.0 Å². The summed E-state index contributed by atoms with van der Waals surface area (Å²) in [5, 5.41) is 27.9. The van der Waals surface area contributed by atoms with Gasteiger partial charge in [-0.05, 0) is 43.4 Å². The van der Waals surface area contributed by atoms with Gasteiger partial charge in [-0.15, -0.1) is 0 Å². The quantitative estimate of drug-likeness (QED) is 0.322. The lowest BCUT2D eigenvalue weighted by atomic mass is 9.71. The minimum absolute atomic E-state index is 0.100. The predicted molar refractivity (Wildman–Crippen MR) is 156 cm³/mol. The van der Waals surface area contributed by atoms with Crippen molar-refractivity contribution in [2.45, 2.75) is 75.9 Å². The number of rotatable bonds is 4. The zero-order valence-corrected chi connectivity index (χ0v) is 24.7. The average molecular weight is 607 g/mol. The number of carboxylic acid groups (broad SMARTS) is 1. The van der Waals surface area contributed by atoms with Gasteiger partial charge in [0.1, 0.15) is 23.9 Å². The number of likely N-dealkylation sites (tertiary alicyclic amines) is 1. The first kappa shape index (κ1) is 31.0. The summed E-state index contributed by atoms with van der Waals surface area (Å²) < 4.78 is 0. The van der Waals surface area contributed by atoms with Crippen molar-refractivity contribution in [1.29, 1.82) is 0 Å². The van der Waals surface area contributed by atoms with Crippen LogP contribution in [0.15, 0.2) is 24.3 Å². The predicted octanol–water partition coefficient (Wildman–Crippen LogP) is 2.00. The highest BCUT2D eigenvalue weighted by Crippen LogP contribution is 2.40. The van der Waals surface area contributed by atoms with Crippen molar-refractivity contribution in [2.24, 2.45) is 5.41 Å². The first-order chi connectivity index (χ1) is 19.6. The van der Waals surface area contributed by atoms with E-state index in [4.69, 9.17) is 0 Å². The Morgan fingerprint density at radius 1 is 1.02 bits per heavy atom. The summed E-state index contributed by atoms with van der Waals surface area (Å²) in [7, 11) is 2.46. The van der Waals surface area contributed by atoms with E-state index in [1.165, 1.54) is 33.4 Å². The third kappa shape index (κ3) is 7.48. The van der Waals surface area contributed by atoms with Gasteiger partial charge in [0.25, 0.3) is 0 Å². The number of hydrogen-bond donors (Lipinski definition) is 5. The summed E-state index contributed by atoms with van der Waals surface area (Å²) in [4.78, 5) is 66.2. The zero-order valence-electron chi connectivity index (χ0n) is 23.1. The lowest BCUT2D eigenvalue weighted by molar-refractivity contribution is -0.144. The molecule has 3 aliphatic rings. The number of phenolic OH excluding ortho intramolecular Hbond substituents is 1. The number of phenols is 1. The Bertz CT molecular complexity index is 1140. The number of amides is 4. The molecule has 2 heterocycles. The van der Waals surface area contributed by atoms with Crippen molar-refractivity contribution in [2.75, 3.05) is 24.6 Å². The first-order valence-corrected chi connectivity index (χ1v) is 16.5. The molecule has 4 atom stereocenters. The van der Waals surface area contributed by atoms with Crippen molar-refractivity contribution in [3.63, 3.8) is 0 Å². The van der Waals surface area contributed by atoms with Gasteiger partial charge in [-0.25, -0.2) is 4.79 Å². The number of carbonyl (C=O) groups is 5. The van der Waals surface area contributed by atoms with E-state index in [2.05, 4.69) is 16.0 Å². The molecule has 1 spiro atoms. The summed E-state index contributed by atoms with van der Waals surface area (Å²) in [6.45, 7) is 2.01. The molecule has 2 aliphatic heterocycles. The van der Waals surface area contributed by atoms with E-state index in [1.807, 2.05) is 0 Å². The molecule has 41 heavy (non-hydrogen) atoms. The van der Waals surface area contributed by atoms with Crippen molar-refractivity contribution in [3.8, 4) is 5.75 Å². The lowest BCUT2D eigenvalue weighted by Crippen LogP contribution is -2.55. The molecular formula is C28H38N4O7S2. The van der Waals surface area contributed by atoms with Crippen LogP contribution in [0.1, 0.15) is 63.4 Å². The van der Waals surface area contributed by atoms with Gasteiger partial charge in [0, 0.05) is 37.4 Å². The van der Waals surface area contributed by atoms with Crippen LogP contribution in [0, 0.1) is 5.41 Å². The van der Waals surface area contributed by atoms with Crippen LogP contribution in [0.4, 0.5) is 0 Å². The molecule has 1 aromatic carbocycles. The minimum atomic E-state index is -1.11. The number of carboxylic acids is 1. The maximum absolute atomic E-state index is 13.7. The molecule has 2 saturated heterocycles. The molecule has 0 bridgehead atoms. The smallest absolute Gasteiger partial charge is 0.327 e. The molecule has 224 valence electrons. The fourth-order valence-electron chi connectivity index (χ4n) is 6.07. The normalized spacial score (nSPS) is 27.5. The molecule has 0 radical (unpaired) electrons. The standard InChI is InChI=1S/C28H38N4O7S2/c1-17(33)32-14-9-20(18-5-7-19(34)8-6-18)23(32)25(36)30-21-15-40-41-16-22(26(37)38)31-27(39)28(10-3-2-4-11-28)12-13-29-24(21)35/h5-8,20-23,34H,2-4,9-16H2,1H3,(H,29,35)(H,30,36)(H,31,39)(H,37,38)/t20?,21-,22-,23-/m0/s1. The number of benzene rings is 1. The topological polar surface area (TPSA) is 165 Å². The third-order valence-corrected chi connectivity index (χ3v) is 10.8. The Morgan fingerprint density at radius 3 is 2.37 bits per heavy atom. The van der Waals surface area contributed by atoms with Gasteiger partial charge in [0.05, 0.1) is 5.41 Å². The second-order valence-electron chi connectivity index (χ2n) is 11.0. The van der Waals surface area contributed by atoms with Crippen molar-refractivity contribution in [1.82, 2.24) is 20.9 Å². The van der Waals surface area contributed by atoms with Gasteiger partial charge in [-0.2, -0.15) is 0 Å². The van der Waals surface area contributed by atoms with E-state index >= 15 is 0 Å². The Kier molecular flexibility index (Phi) is 10.5. The highest BCUT2D eigenvalue weighted by molar-refractivity contribution is 8.76. The van der Waals surface area contributed by atoms with Crippen LogP contribution in [-0.4, -0.2) is 87.4 Å². The molecule has 11 nitrogen and oxygen atoms in total. The monoisotopic (exact) mass is 606 g/mol. The Labute approximate surface area is 247 Å². The molecule has 4 amide bonds. The fraction of sp³-hybridized carbons (Fsp3) is 0.607. The SMILES string of the molecule is CC(=O)N1CCC(c2ccc(O)cc2)[C@H]1C(=O)N[C@H]1CSSC[C@@H](C(=O)O)NC(=O)C2(CCCCC2)CCNC1=O. The van der Waals surface area contributed by atoms with E-state index in [-0.39, 0.29) is 47.4 Å². The summed E-state index contributed by atoms with van der Waals surface area (Å²) in [5.41, 5.74) is 0.0678. The third-order valence-electron chi connectivity index (χ3n) is 8.38. The van der Waals surface area contributed by atoms with Gasteiger partial charge < -0.3 is 31.1 Å². The highest BCUT2D eigenvalue weighted by atomic mass is 33.1. The Hall–Kier alpha value is -2.93. The van der Waals surface area contributed by atoms with Crippen LogP contribution in [0.2, 0.25) is 0 Å². The van der Waals surface area contributed by atoms with Gasteiger partial charge in [-0.3, -0.25) is 19.2 Å². The maximum Gasteiger partial charge on any atom is 0.327 e.